The summed E-state index contributed by atoms with van der Waals surface area (Å²) in [6.07, 6.45) is 0.660. The lowest BCUT2D eigenvalue weighted by Crippen LogP contribution is -1.90. The Labute approximate surface area is 85.7 Å². The molecule has 0 aliphatic carbocycles. The molecule has 6 heteroatoms. The number of nitrogens with zero attached hydrogens (tertiary/aromatic N) is 1. The highest BCUT2D eigenvalue weighted by Gasteiger charge is 2.09. The van der Waals surface area contributed by atoms with E-state index in [4.69, 9.17) is 0 Å². The third-order valence-corrected chi connectivity index (χ3v) is 2.98. The number of hydrogen-bond donors (Lipinski definition) is 0. The minimum Gasteiger partial charge on any atom is -0.298 e. The zero-order valence-electron chi connectivity index (χ0n) is 6.27. The van der Waals surface area contributed by atoms with Crippen molar-refractivity contribution in [3.63, 3.8) is 0 Å². The quantitative estimate of drug-likeness (QED) is 0.477. The standard InChI is InChI=1S/C7H4BrNO3S/c8-13-7-3-6(9(11)12)2-1-5(7)4-10/h1-4H. The molecule has 0 saturated carbocycles. The van der Waals surface area contributed by atoms with Crippen molar-refractivity contribution >= 4 is 37.0 Å². The van der Waals surface area contributed by atoms with Crippen LogP contribution in [0, 0.1) is 10.1 Å². The van der Waals surface area contributed by atoms with Crippen LogP contribution in [0.4, 0.5) is 5.69 Å². The van der Waals surface area contributed by atoms with E-state index in [1.807, 2.05) is 0 Å². The molecule has 0 fully saturated rings. The number of carbonyl (C=O) groups excluding carboxylic acids is 1. The van der Waals surface area contributed by atoms with Crippen molar-refractivity contribution in [1.82, 2.24) is 0 Å². The number of nitro groups is 1. The van der Waals surface area contributed by atoms with Crippen molar-refractivity contribution in [2.75, 3.05) is 0 Å². The van der Waals surface area contributed by atoms with Crippen molar-refractivity contribution in [1.29, 1.82) is 0 Å². The molecule has 1 aromatic carbocycles. The summed E-state index contributed by atoms with van der Waals surface area (Å²) >= 11 is 3.07. The van der Waals surface area contributed by atoms with Crippen molar-refractivity contribution in [3.05, 3.63) is 33.9 Å². The van der Waals surface area contributed by atoms with E-state index in [1.54, 1.807) is 0 Å². The van der Waals surface area contributed by atoms with Gasteiger partial charge in [-0.1, -0.05) is 0 Å². The second-order valence-electron chi connectivity index (χ2n) is 2.17. The fourth-order valence-corrected chi connectivity index (χ4v) is 2.01. The maximum Gasteiger partial charge on any atom is 0.270 e. The van der Waals surface area contributed by atoms with E-state index < -0.39 is 4.92 Å². The lowest BCUT2D eigenvalue weighted by molar-refractivity contribution is -0.385. The van der Waals surface area contributed by atoms with Crippen LogP contribution in [0.1, 0.15) is 10.4 Å². The summed E-state index contributed by atoms with van der Waals surface area (Å²) in [5.74, 6) is 0. The topological polar surface area (TPSA) is 60.2 Å². The summed E-state index contributed by atoms with van der Waals surface area (Å²) in [6, 6.07) is 4.08. The number of aldehydes is 1. The summed E-state index contributed by atoms with van der Waals surface area (Å²) in [5.41, 5.74) is 0.417. The van der Waals surface area contributed by atoms with Gasteiger partial charge in [0.15, 0.2) is 6.29 Å². The van der Waals surface area contributed by atoms with Crippen LogP contribution in [0.2, 0.25) is 0 Å². The molecule has 0 saturated heterocycles. The molecule has 0 atom stereocenters. The maximum absolute atomic E-state index is 10.5. The van der Waals surface area contributed by atoms with Crippen molar-refractivity contribution in [2.45, 2.75) is 4.90 Å². The largest absolute Gasteiger partial charge is 0.298 e. The molecule has 4 nitrogen and oxygen atoms in total. The fraction of sp³-hybridized carbons (Fsp3) is 0. The van der Waals surface area contributed by atoms with Gasteiger partial charge in [-0.2, -0.15) is 0 Å². The Balaban J connectivity index is 3.20. The molecule has 68 valence electrons. The molecule has 0 aromatic heterocycles. The Hall–Kier alpha value is -0.880. The van der Waals surface area contributed by atoms with Gasteiger partial charge in [0, 0.05) is 22.6 Å². The fourth-order valence-electron chi connectivity index (χ4n) is 0.801. The molecule has 0 aliphatic rings. The first-order chi connectivity index (χ1) is 6.19. The highest BCUT2D eigenvalue weighted by Crippen LogP contribution is 2.30. The monoisotopic (exact) mass is 261 g/mol. The summed E-state index contributed by atoms with van der Waals surface area (Å²) in [7, 11) is 1.13. The molecule has 0 unspecified atom stereocenters. The highest BCUT2D eigenvalue weighted by atomic mass is 79.9. The normalized spacial score (nSPS) is 9.62. The Morgan fingerprint density at radius 3 is 2.69 bits per heavy atom. The lowest BCUT2D eigenvalue weighted by atomic mass is 10.2. The van der Waals surface area contributed by atoms with Gasteiger partial charge in [0.25, 0.3) is 5.69 Å². The van der Waals surface area contributed by atoms with Crippen LogP contribution in [0.5, 0.6) is 0 Å². The molecule has 0 radical (unpaired) electrons. The average Bonchev–Trinajstić information content (AvgIpc) is 2.16. The molecule has 0 N–H and O–H groups in total. The van der Waals surface area contributed by atoms with E-state index in [0.29, 0.717) is 16.7 Å². The average molecular weight is 262 g/mol. The minimum atomic E-state index is -0.499. The number of nitro benzene ring substituents is 1. The number of non-ortho nitro benzene ring substituents is 1. The number of rotatable bonds is 3. The Bertz CT molecular complexity index is 356. The first-order valence-corrected chi connectivity index (χ1v) is 5.87. The second-order valence-corrected chi connectivity index (χ2v) is 3.74. The second kappa shape index (κ2) is 4.38. The Morgan fingerprint density at radius 2 is 2.23 bits per heavy atom. The van der Waals surface area contributed by atoms with Gasteiger partial charge in [0.05, 0.1) is 4.92 Å². The van der Waals surface area contributed by atoms with Gasteiger partial charge in [-0.15, -0.1) is 0 Å². The van der Waals surface area contributed by atoms with Gasteiger partial charge in [-0.3, -0.25) is 14.9 Å². The summed E-state index contributed by atoms with van der Waals surface area (Å²) < 4.78 is 0. The van der Waals surface area contributed by atoms with Gasteiger partial charge in [0.1, 0.15) is 0 Å². The molecule has 0 amide bonds. The maximum atomic E-state index is 10.5. The number of halogens is 1. The molecule has 13 heavy (non-hydrogen) atoms. The Kier molecular flexibility index (Phi) is 3.44. The van der Waals surface area contributed by atoms with Crippen LogP contribution in [-0.2, 0) is 0 Å². The van der Waals surface area contributed by atoms with Crippen LogP contribution in [-0.4, -0.2) is 11.2 Å². The Morgan fingerprint density at radius 1 is 1.54 bits per heavy atom. The van der Waals surface area contributed by atoms with Crippen LogP contribution in [0.15, 0.2) is 23.1 Å². The van der Waals surface area contributed by atoms with Crippen LogP contribution in [0.25, 0.3) is 0 Å². The highest BCUT2D eigenvalue weighted by molar-refractivity contribution is 9.50. The third kappa shape index (κ3) is 2.28. The van der Waals surface area contributed by atoms with Gasteiger partial charge in [0.2, 0.25) is 0 Å². The van der Waals surface area contributed by atoms with Crippen molar-refractivity contribution in [3.8, 4) is 0 Å². The molecular formula is C7H4BrNO3S. The van der Waals surface area contributed by atoms with Gasteiger partial charge < -0.3 is 0 Å². The van der Waals surface area contributed by atoms with Crippen LogP contribution >= 0.6 is 25.0 Å². The third-order valence-electron chi connectivity index (χ3n) is 1.42. The molecule has 0 spiro atoms. The number of hydrogen-bond acceptors (Lipinski definition) is 4. The molecule has 1 rings (SSSR count). The molecule has 1 aromatic rings. The zero-order chi connectivity index (χ0) is 9.84. The van der Waals surface area contributed by atoms with Crippen molar-refractivity contribution in [2.24, 2.45) is 0 Å². The van der Waals surface area contributed by atoms with E-state index in [1.165, 1.54) is 18.2 Å². The van der Waals surface area contributed by atoms with E-state index in [9.17, 15) is 14.9 Å². The van der Waals surface area contributed by atoms with Gasteiger partial charge in [-0.25, -0.2) is 0 Å². The predicted octanol–water partition coefficient (Wildman–Crippen LogP) is 2.81. The smallest absolute Gasteiger partial charge is 0.270 e. The minimum absolute atomic E-state index is 0.0208. The molecule has 0 aliphatic heterocycles. The summed E-state index contributed by atoms with van der Waals surface area (Å²) in [4.78, 5) is 20.9. The summed E-state index contributed by atoms with van der Waals surface area (Å²) in [5, 5.41) is 10.4. The van der Waals surface area contributed by atoms with Crippen LogP contribution < -0.4 is 0 Å². The van der Waals surface area contributed by atoms with Gasteiger partial charge >= 0.3 is 0 Å². The molecule has 0 bridgehead atoms. The zero-order valence-corrected chi connectivity index (χ0v) is 8.67. The van der Waals surface area contributed by atoms with E-state index in [0.717, 1.165) is 10.2 Å². The lowest BCUT2D eigenvalue weighted by Gasteiger charge is -1.98. The molecule has 0 heterocycles. The first kappa shape index (κ1) is 10.2. The van der Waals surface area contributed by atoms with E-state index in [2.05, 4.69) is 14.8 Å². The number of benzene rings is 1. The van der Waals surface area contributed by atoms with E-state index >= 15 is 0 Å². The summed E-state index contributed by atoms with van der Waals surface area (Å²) in [6.45, 7) is 0. The SMILES string of the molecule is O=Cc1ccc([N+](=O)[O-])cc1SBr. The van der Waals surface area contributed by atoms with Crippen LogP contribution in [0.3, 0.4) is 0 Å². The molecular weight excluding hydrogens is 258 g/mol. The first-order valence-electron chi connectivity index (χ1n) is 3.21. The van der Waals surface area contributed by atoms with E-state index in [-0.39, 0.29) is 5.69 Å². The van der Waals surface area contributed by atoms with Crippen molar-refractivity contribution < 1.29 is 9.72 Å². The predicted molar refractivity (Wildman–Crippen MR) is 53.3 cm³/mol. The van der Waals surface area contributed by atoms with Gasteiger partial charge in [-0.05, 0) is 31.1 Å². The number of carbonyl (C=O) groups is 1.